The first-order valence-electron chi connectivity index (χ1n) is 8.80. The Balaban J connectivity index is 1.71. The van der Waals surface area contributed by atoms with E-state index in [2.05, 4.69) is 23.1 Å². The third-order valence-corrected chi connectivity index (χ3v) is 5.37. The van der Waals surface area contributed by atoms with Crippen LogP contribution in [0.5, 0.6) is 0 Å². The summed E-state index contributed by atoms with van der Waals surface area (Å²) in [6.45, 7) is 2.13. The van der Waals surface area contributed by atoms with Gasteiger partial charge in [-0.3, -0.25) is 4.79 Å². The van der Waals surface area contributed by atoms with Crippen LogP contribution in [0.4, 0.5) is 5.82 Å². The molecule has 0 saturated carbocycles. The molecule has 2 aromatic rings. The van der Waals surface area contributed by atoms with Crippen molar-refractivity contribution in [3.05, 3.63) is 34.3 Å². The van der Waals surface area contributed by atoms with Gasteiger partial charge in [-0.1, -0.05) is 6.92 Å². The van der Waals surface area contributed by atoms with E-state index >= 15 is 0 Å². The Morgan fingerprint density at radius 3 is 2.96 bits per heavy atom. The minimum Gasteiger partial charge on any atom is -0.383 e. The minimum absolute atomic E-state index is 0.0412. The van der Waals surface area contributed by atoms with Gasteiger partial charge in [-0.2, -0.15) is 9.78 Å². The van der Waals surface area contributed by atoms with Gasteiger partial charge in [-0.05, 0) is 63.0 Å². The van der Waals surface area contributed by atoms with Gasteiger partial charge in [0.2, 0.25) is 0 Å². The lowest BCUT2D eigenvalue weighted by molar-refractivity contribution is 0.0854. The predicted molar refractivity (Wildman–Crippen MR) is 89.8 cm³/mol. The van der Waals surface area contributed by atoms with Crippen molar-refractivity contribution in [2.75, 3.05) is 5.73 Å². The summed E-state index contributed by atoms with van der Waals surface area (Å²) in [7, 11) is 0. The monoisotopic (exact) mass is 312 g/mol. The zero-order valence-electron chi connectivity index (χ0n) is 13.7. The van der Waals surface area contributed by atoms with Crippen LogP contribution in [-0.2, 0) is 25.7 Å². The number of aromatic nitrogens is 3. The summed E-state index contributed by atoms with van der Waals surface area (Å²) in [5.41, 5.74) is 12.0. The average molecular weight is 312 g/mol. The zero-order valence-corrected chi connectivity index (χ0v) is 13.7. The van der Waals surface area contributed by atoms with Crippen LogP contribution in [0.25, 0.3) is 0 Å². The fourth-order valence-corrected chi connectivity index (χ4v) is 4.07. The molecule has 0 amide bonds. The molecular weight excluding hydrogens is 288 g/mol. The second-order valence-electron chi connectivity index (χ2n) is 6.79. The number of nitrogen functional groups attached to an aromatic ring is 1. The summed E-state index contributed by atoms with van der Waals surface area (Å²) >= 11 is 0. The average Bonchev–Trinajstić information content (AvgIpc) is 3.15. The molecule has 122 valence electrons. The molecule has 0 saturated heterocycles. The molecule has 0 fully saturated rings. The summed E-state index contributed by atoms with van der Waals surface area (Å²) in [5.74, 6) is 0.501. The van der Waals surface area contributed by atoms with Gasteiger partial charge < -0.3 is 10.7 Å². The number of hydrogen-bond acceptors (Lipinski definition) is 3. The number of aromatic amines is 1. The van der Waals surface area contributed by atoms with Crippen molar-refractivity contribution in [1.82, 2.24) is 14.8 Å². The molecule has 0 bridgehead atoms. The van der Waals surface area contributed by atoms with Crippen LogP contribution >= 0.6 is 0 Å². The Morgan fingerprint density at radius 1 is 1.35 bits per heavy atom. The molecular formula is C18H24N4O. The van der Waals surface area contributed by atoms with Gasteiger partial charge in [0.1, 0.15) is 5.82 Å². The van der Waals surface area contributed by atoms with E-state index in [1.54, 1.807) is 0 Å². The second kappa shape index (κ2) is 5.55. The third-order valence-electron chi connectivity index (χ3n) is 5.37. The van der Waals surface area contributed by atoms with E-state index in [0.29, 0.717) is 5.82 Å². The van der Waals surface area contributed by atoms with Crippen LogP contribution in [0.15, 0.2) is 6.07 Å². The van der Waals surface area contributed by atoms with E-state index in [0.717, 1.165) is 68.2 Å². The number of aryl methyl sites for hydroxylation is 3. The first kappa shape index (κ1) is 14.5. The number of fused-ring (bicyclic) bond motifs is 2. The van der Waals surface area contributed by atoms with Crippen molar-refractivity contribution in [2.45, 2.75) is 64.2 Å². The molecule has 2 heterocycles. The first-order valence-corrected chi connectivity index (χ1v) is 8.80. The molecule has 0 aliphatic heterocycles. The molecule has 4 rings (SSSR count). The molecule has 1 unspecified atom stereocenters. The Bertz CT molecular complexity index is 755. The quantitative estimate of drug-likeness (QED) is 0.895. The van der Waals surface area contributed by atoms with E-state index in [9.17, 15) is 4.79 Å². The first-order chi connectivity index (χ1) is 11.2. The maximum absolute atomic E-state index is 13.1. The molecule has 3 N–H and O–H groups in total. The Labute approximate surface area is 136 Å². The van der Waals surface area contributed by atoms with E-state index in [1.807, 2.05) is 0 Å². The van der Waals surface area contributed by atoms with Gasteiger partial charge in [0, 0.05) is 17.0 Å². The van der Waals surface area contributed by atoms with Gasteiger partial charge >= 0.3 is 0 Å². The Hall–Kier alpha value is -2.04. The highest BCUT2D eigenvalue weighted by Gasteiger charge is 2.32. The predicted octanol–water partition coefficient (Wildman–Crippen LogP) is 2.99. The van der Waals surface area contributed by atoms with Crippen molar-refractivity contribution < 1.29 is 4.79 Å². The van der Waals surface area contributed by atoms with Gasteiger partial charge in [0.05, 0.1) is 11.6 Å². The summed E-state index contributed by atoms with van der Waals surface area (Å²) in [5, 5.41) is 4.56. The molecule has 5 heteroatoms. The fraction of sp³-hybridized carbons (Fsp3) is 0.556. The van der Waals surface area contributed by atoms with Crippen molar-refractivity contribution >= 4 is 11.7 Å². The lowest BCUT2D eigenvalue weighted by Crippen LogP contribution is -2.25. The highest BCUT2D eigenvalue weighted by atomic mass is 16.2. The van der Waals surface area contributed by atoms with E-state index in [4.69, 9.17) is 5.73 Å². The summed E-state index contributed by atoms with van der Waals surface area (Å²) in [4.78, 5) is 16.6. The molecule has 0 radical (unpaired) electrons. The van der Waals surface area contributed by atoms with Crippen LogP contribution in [0.2, 0.25) is 0 Å². The number of hydrogen-bond donors (Lipinski definition) is 2. The molecule has 23 heavy (non-hydrogen) atoms. The highest BCUT2D eigenvalue weighted by molar-refractivity contribution is 5.88. The van der Waals surface area contributed by atoms with E-state index in [-0.39, 0.29) is 11.8 Å². The topological polar surface area (TPSA) is 76.7 Å². The van der Waals surface area contributed by atoms with E-state index < -0.39 is 0 Å². The number of nitrogens with one attached hydrogen (secondary N) is 1. The molecule has 2 aliphatic rings. The normalized spacial score (nSPS) is 20.1. The van der Waals surface area contributed by atoms with E-state index in [1.165, 1.54) is 16.1 Å². The molecule has 2 aromatic heterocycles. The Kier molecular flexibility index (Phi) is 3.51. The molecule has 5 nitrogen and oxygen atoms in total. The third kappa shape index (κ3) is 2.30. The SMILES string of the molecule is CCc1cc2c([nH]1)CCCC2C(=O)n1nc2c(c1N)CCCC2. The van der Waals surface area contributed by atoms with Gasteiger partial charge in [0.25, 0.3) is 5.91 Å². The fourth-order valence-electron chi connectivity index (χ4n) is 4.07. The number of anilines is 1. The molecule has 1 atom stereocenters. The number of nitrogens with two attached hydrogens (primary N) is 1. The van der Waals surface area contributed by atoms with Crippen LogP contribution in [0, 0.1) is 0 Å². The van der Waals surface area contributed by atoms with Crippen LogP contribution in [-0.4, -0.2) is 20.7 Å². The smallest absolute Gasteiger partial charge is 0.256 e. The van der Waals surface area contributed by atoms with Crippen LogP contribution in [0.3, 0.4) is 0 Å². The summed E-state index contributed by atoms with van der Waals surface area (Å²) in [6, 6.07) is 2.16. The summed E-state index contributed by atoms with van der Waals surface area (Å²) < 4.78 is 1.49. The number of nitrogens with zero attached hydrogens (tertiary/aromatic N) is 2. The van der Waals surface area contributed by atoms with Crippen LogP contribution < -0.4 is 5.73 Å². The summed E-state index contributed by atoms with van der Waals surface area (Å²) in [6.07, 6.45) is 8.10. The number of rotatable bonds is 2. The lowest BCUT2D eigenvalue weighted by Gasteiger charge is -2.21. The lowest BCUT2D eigenvalue weighted by atomic mass is 9.86. The van der Waals surface area contributed by atoms with Gasteiger partial charge in [-0.15, -0.1) is 0 Å². The minimum atomic E-state index is -0.112. The van der Waals surface area contributed by atoms with Crippen LogP contribution in [0.1, 0.15) is 71.5 Å². The number of H-pyrrole nitrogens is 1. The number of carbonyl (C=O) groups excluding carboxylic acids is 1. The van der Waals surface area contributed by atoms with Gasteiger partial charge in [-0.25, -0.2) is 0 Å². The van der Waals surface area contributed by atoms with Crippen molar-refractivity contribution in [1.29, 1.82) is 0 Å². The molecule has 0 spiro atoms. The number of carbonyl (C=O) groups is 1. The van der Waals surface area contributed by atoms with Crippen molar-refractivity contribution in [3.63, 3.8) is 0 Å². The maximum atomic E-state index is 13.1. The largest absolute Gasteiger partial charge is 0.383 e. The van der Waals surface area contributed by atoms with Crippen molar-refractivity contribution in [3.8, 4) is 0 Å². The molecule has 0 aromatic carbocycles. The Morgan fingerprint density at radius 2 is 2.17 bits per heavy atom. The standard InChI is InChI=1S/C18H24N4O/c1-2-11-10-14-12(7-5-9-15(14)20-11)18(23)22-17(19)13-6-3-4-8-16(13)21-22/h10,12,20H,2-9,19H2,1H3. The second-order valence-corrected chi connectivity index (χ2v) is 6.79. The van der Waals surface area contributed by atoms with Gasteiger partial charge in [0.15, 0.2) is 0 Å². The zero-order chi connectivity index (χ0) is 16.0. The van der Waals surface area contributed by atoms with Crippen molar-refractivity contribution in [2.24, 2.45) is 0 Å². The highest BCUT2D eigenvalue weighted by Crippen LogP contribution is 2.35. The maximum Gasteiger partial charge on any atom is 0.256 e. The molecule has 2 aliphatic carbocycles.